The van der Waals surface area contributed by atoms with E-state index < -0.39 is 23.6 Å². The standard InChI is InChI=1S/C22H25F3N2O5/c1-4-32-21(29)14-27(12-15-5-7-16(8-6-15)22(23,24)25)13-20(28)26-17-9-18(30-2)11-19(10-17)31-3/h5-11H,4,12-14H2,1-3H3,(H,26,28). The van der Waals surface area contributed by atoms with Gasteiger partial charge < -0.3 is 19.5 Å². The van der Waals surface area contributed by atoms with Crippen molar-refractivity contribution in [2.75, 3.05) is 39.2 Å². The third-order valence-electron chi connectivity index (χ3n) is 4.35. The lowest BCUT2D eigenvalue weighted by Crippen LogP contribution is -2.37. The van der Waals surface area contributed by atoms with Gasteiger partial charge in [0.25, 0.3) is 0 Å². The molecule has 7 nitrogen and oxygen atoms in total. The largest absolute Gasteiger partial charge is 0.497 e. The van der Waals surface area contributed by atoms with Gasteiger partial charge in [-0.05, 0) is 24.6 Å². The molecule has 0 radical (unpaired) electrons. The zero-order valence-corrected chi connectivity index (χ0v) is 18.0. The molecule has 1 N–H and O–H groups in total. The molecule has 0 fully saturated rings. The summed E-state index contributed by atoms with van der Waals surface area (Å²) in [6.45, 7) is 1.50. The van der Waals surface area contributed by atoms with Crippen molar-refractivity contribution in [2.45, 2.75) is 19.6 Å². The zero-order chi connectivity index (χ0) is 23.7. The first-order valence-corrected chi connectivity index (χ1v) is 9.71. The lowest BCUT2D eigenvalue weighted by atomic mass is 10.1. The van der Waals surface area contributed by atoms with E-state index in [0.717, 1.165) is 12.1 Å². The monoisotopic (exact) mass is 454 g/mol. The highest BCUT2D eigenvalue weighted by Crippen LogP contribution is 2.29. The van der Waals surface area contributed by atoms with Crippen molar-refractivity contribution < 1.29 is 37.0 Å². The predicted octanol–water partition coefficient (Wildman–Crippen LogP) is 3.73. The molecule has 0 saturated heterocycles. The fourth-order valence-electron chi connectivity index (χ4n) is 2.90. The Labute approximate surface area is 184 Å². The average Bonchev–Trinajstić information content (AvgIpc) is 2.73. The molecule has 0 bridgehead atoms. The van der Waals surface area contributed by atoms with Gasteiger partial charge in [-0.3, -0.25) is 14.5 Å². The number of methoxy groups -OCH3 is 2. The number of nitrogens with one attached hydrogen (secondary N) is 1. The number of carbonyl (C=O) groups excluding carboxylic acids is 2. The molecule has 32 heavy (non-hydrogen) atoms. The number of hydrogen-bond acceptors (Lipinski definition) is 6. The molecule has 2 aromatic carbocycles. The summed E-state index contributed by atoms with van der Waals surface area (Å²) >= 11 is 0. The second kappa shape index (κ2) is 11.4. The second-order valence-electron chi connectivity index (χ2n) is 6.79. The van der Waals surface area contributed by atoms with Gasteiger partial charge in [-0.1, -0.05) is 12.1 Å². The van der Waals surface area contributed by atoms with Gasteiger partial charge >= 0.3 is 12.1 Å². The Morgan fingerprint density at radius 3 is 2.06 bits per heavy atom. The highest BCUT2D eigenvalue weighted by molar-refractivity contribution is 5.93. The Morgan fingerprint density at radius 2 is 1.56 bits per heavy atom. The third-order valence-corrected chi connectivity index (χ3v) is 4.35. The Kier molecular flexibility index (Phi) is 8.89. The van der Waals surface area contributed by atoms with Crippen LogP contribution in [0.2, 0.25) is 0 Å². The molecule has 2 aromatic rings. The number of esters is 1. The van der Waals surface area contributed by atoms with Crippen molar-refractivity contribution in [3.63, 3.8) is 0 Å². The lowest BCUT2D eigenvalue weighted by Gasteiger charge is -2.21. The fourth-order valence-corrected chi connectivity index (χ4v) is 2.90. The van der Waals surface area contributed by atoms with E-state index in [9.17, 15) is 22.8 Å². The molecular formula is C22H25F3N2O5. The Morgan fingerprint density at radius 1 is 0.969 bits per heavy atom. The molecule has 0 aliphatic rings. The molecule has 0 spiro atoms. The first kappa shape index (κ1) is 25.0. The Bertz CT molecular complexity index is 895. The lowest BCUT2D eigenvalue weighted by molar-refractivity contribution is -0.144. The van der Waals surface area contributed by atoms with Crippen LogP contribution in [-0.2, 0) is 27.0 Å². The molecular weight excluding hydrogens is 429 g/mol. The van der Waals surface area contributed by atoms with E-state index in [2.05, 4.69) is 5.32 Å². The summed E-state index contributed by atoms with van der Waals surface area (Å²) in [5.41, 5.74) is 0.165. The number of carbonyl (C=O) groups is 2. The Hall–Kier alpha value is -3.27. The van der Waals surface area contributed by atoms with Crippen LogP contribution < -0.4 is 14.8 Å². The summed E-state index contributed by atoms with van der Waals surface area (Å²) < 4.78 is 53.6. The van der Waals surface area contributed by atoms with Gasteiger partial charge in [0.1, 0.15) is 11.5 Å². The van der Waals surface area contributed by atoms with E-state index in [1.807, 2.05) is 0 Å². The van der Waals surface area contributed by atoms with Crippen LogP contribution in [0.1, 0.15) is 18.1 Å². The highest BCUT2D eigenvalue weighted by Gasteiger charge is 2.30. The van der Waals surface area contributed by atoms with Crippen LogP contribution in [0.5, 0.6) is 11.5 Å². The molecule has 0 heterocycles. The molecule has 0 aliphatic carbocycles. The van der Waals surface area contributed by atoms with Crippen LogP contribution in [0.4, 0.5) is 18.9 Å². The van der Waals surface area contributed by atoms with Crippen molar-refractivity contribution in [3.8, 4) is 11.5 Å². The van der Waals surface area contributed by atoms with Crippen LogP contribution in [-0.4, -0.2) is 50.7 Å². The van der Waals surface area contributed by atoms with Gasteiger partial charge in [-0.25, -0.2) is 0 Å². The molecule has 1 amide bonds. The summed E-state index contributed by atoms with van der Waals surface area (Å²) in [6, 6.07) is 9.39. The van der Waals surface area contributed by atoms with Gasteiger partial charge in [0.2, 0.25) is 5.91 Å². The summed E-state index contributed by atoms with van der Waals surface area (Å²) in [5.74, 6) is -0.0210. The number of halogens is 3. The summed E-state index contributed by atoms with van der Waals surface area (Å²) in [6.07, 6.45) is -4.44. The van der Waals surface area contributed by atoms with E-state index in [4.69, 9.17) is 14.2 Å². The van der Waals surface area contributed by atoms with Gasteiger partial charge in [0, 0.05) is 30.4 Å². The maximum Gasteiger partial charge on any atom is 0.416 e. The maximum absolute atomic E-state index is 12.8. The van der Waals surface area contributed by atoms with E-state index in [0.29, 0.717) is 22.7 Å². The molecule has 2 rings (SSSR count). The first-order chi connectivity index (χ1) is 15.1. The van der Waals surface area contributed by atoms with Crippen LogP contribution in [0.15, 0.2) is 42.5 Å². The molecule has 0 unspecified atom stereocenters. The second-order valence-corrected chi connectivity index (χ2v) is 6.79. The minimum absolute atomic E-state index is 0.0752. The van der Waals surface area contributed by atoms with Crippen LogP contribution in [0, 0.1) is 0 Å². The van der Waals surface area contributed by atoms with Gasteiger partial charge in [-0.15, -0.1) is 0 Å². The fraction of sp³-hybridized carbons (Fsp3) is 0.364. The average molecular weight is 454 g/mol. The van der Waals surface area contributed by atoms with Crippen molar-refractivity contribution in [2.24, 2.45) is 0 Å². The van der Waals surface area contributed by atoms with Crippen LogP contribution >= 0.6 is 0 Å². The van der Waals surface area contributed by atoms with Gasteiger partial charge in [0.05, 0.1) is 39.5 Å². The zero-order valence-electron chi connectivity index (χ0n) is 18.0. The summed E-state index contributed by atoms with van der Waals surface area (Å²) in [4.78, 5) is 26.0. The van der Waals surface area contributed by atoms with Crippen molar-refractivity contribution in [1.29, 1.82) is 0 Å². The topological polar surface area (TPSA) is 77.1 Å². The van der Waals surface area contributed by atoms with Crippen molar-refractivity contribution >= 4 is 17.6 Å². The molecule has 0 aromatic heterocycles. The quantitative estimate of drug-likeness (QED) is 0.552. The smallest absolute Gasteiger partial charge is 0.416 e. The minimum atomic E-state index is -4.44. The Balaban J connectivity index is 2.12. The number of rotatable bonds is 10. The van der Waals surface area contributed by atoms with E-state index in [-0.39, 0.29) is 26.2 Å². The predicted molar refractivity (Wildman–Crippen MR) is 112 cm³/mol. The summed E-state index contributed by atoms with van der Waals surface area (Å²) in [5, 5.41) is 2.70. The third kappa shape index (κ3) is 7.77. The molecule has 0 atom stereocenters. The normalized spacial score (nSPS) is 11.2. The number of benzene rings is 2. The minimum Gasteiger partial charge on any atom is -0.497 e. The number of anilines is 1. The van der Waals surface area contributed by atoms with Crippen molar-refractivity contribution in [1.82, 2.24) is 4.90 Å². The maximum atomic E-state index is 12.8. The first-order valence-electron chi connectivity index (χ1n) is 9.71. The number of nitrogens with zero attached hydrogens (tertiary/aromatic N) is 1. The number of hydrogen-bond donors (Lipinski definition) is 1. The number of ether oxygens (including phenoxy) is 3. The van der Waals surface area contributed by atoms with Gasteiger partial charge in [-0.2, -0.15) is 13.2 Å². The summed E-state index contributed by atoms with van der Waals surface area (Å²) in [7, 11) is 2.96. The van der Waals surface area contributed by atoms with E-state index >= 15 is 0 Å². The molecule has 174 valence electrons. The van der Waals surface area contributed by atoms with Crippen molar-refractivity contribution in [3.05, 3.63) is 53.6 Å². The number of alkyl halides is 3. The SMILES string of the molecule is CCOC(=O)CN(CC(=O)Nc1cc(OC)cc(OC)c1)Cc1ccc(C(F)(F)F)cc1. The molecule has 0 aliphatic heterocycles. The van der Waals surface area contributed by atoms with E-state index in [1.54, 1.807) is 25.1 Å². The van der Waals surface area contributed by atoms with E-state index in [1.165, 1.54) is 31.3 Å². The van der Waals surface area contributed by atoms with Gasteiger partial charge in [0.15, 0.2) is 0 Å². The number of amides is 1. The molecule has 10 heteroatoms. The molecule has 0 saturated carbocycles. The van der Waals surface area contributed by atoms with Crippen LogP contribution in [0.25, 0.3) is 0 Å². The van der Waals surface area contributed by atoms with Crippen LogP contribution in [0.3, 0.4) is 0 Å². The highest BCUT2D eigenvalue weighted by atomic mass is 19.4.